The van der Waals surface area contributed by atoms with E-state index in [-0.39, 0.29) is 47.4 Å². The van der Waals surface area contributed by atoms with Crippen molar-refractivity contribution in [1.82, 2.24) is 29.5 Å². The van der Waals surface area contributed by atoms with Gasteiger partial charge in [0, 0.05) is 58.7 Å². The van der Waals surface area contributed by atoms with Gasteiger partial charge in [-0.15, -0.1) is 11.3 Å². The molecule has 0 aliphatic carbocycles. The number of halogens is 3. The van der Waals surface area contributed by atoms with Crippen LogP contribution in [-0.2, 0) is 18.5 Å². The molecule has 16 heteroatoms. The SMILES string of the molecule is CN(C)C(=O)c1nn2c(c1Cl)CN(c1nc(OC[C@@]34CCCN3C[C@H](F)C4)nc(N3CC(C)(c4csc(N)c4C#N)C3)c1F)CCC2. The van der Waals surface area contributed by atoms with Crippen LogP contribution < -0.4 is 20.3 Å². The highest BCUT2D eigenvalue weighted by molar-refractivity contribution is 7.14. The van der Waals surface area contributed by atoms with Crippen LogP contribution in [0, 0.1) is 17.1 Å². The summed E-state index contributed by atoms with van der Waals surface area (Å²) in [6.07, 6.45) is 1.84. The third-order valence-electron chi connectivity index (χ3n) is 10.0. The van der Waals surface area contributed by atoms with Gasteiger partial charge in [0.2, 0.25) is 5.82 Å². The zero-order valence-electron chi connectivity index (χ0n) is 26.6. The molecule has 2 atom stereocenters. The van der Waals surface area contributed by atoms with E-state index < -0.39 is 22.9 Å². The monoisotopic (exact) mass is 686 g/mol. The Morgan fingerprint density at radius 3 is 2.70 bits per heavy atom. The lowest BCUT2D eigenvalue weighted by Crippen LogP contribution is -2.58. The van der Waals surface area contributed by atoms with Gasteiger partial charge in [-0.25, -0.2) is 4.39 Å². The minimum Gasteiger partial charge on any atom is -0.461 e. The zero-order chi connectivity index (χ0) is 33.2. The average molecular weight is 687 g/mol. The van der Waals surface area contributed by atoms with E-state index in [0.717, 1.165) is 24.9 Å². The van der Waals surface area contributed by atoms with Crippen LogP contribution >= 0.6 is 22.9 Å². The van der Waals surface area contributed by atoms with Crippen molar-refractivity contribution in [3.05, 3.63) is 38.7 Å². The van der Waals surface area contributed by atoms with Crippen LogP contribution in [0.15, 0.2) is 5.38 Å². The highest BCUT2D eigenvalue weighted by atomic mass is 35.5. The minimum atomic E-state index is -0.918. The Morgan fingerprint density at radius 2 is 1.98 bits per heavy atom. The number of carbonyl (C=O) groups is 1. The number of anilines is 3. The normalized spacial score (nSPS) is 23.6. The van der Waals surface area contributed by atoms with E-state index in [1.165, 1.54) is 16.2 Å². The maximum absolute atomic E-state index is 16.7. The predicted octanol–water partition coefficient (Wildman–Crippen LogP) is 3.83. The number of fused-ring (bicyclic) bond motifs is 2. The van der Waals surface area contributed by atoms with E-state index in [1.54, 1.807) is 23.7 Å². The second kappa shape index (κ2) is 11.7. The minimum absolute atomic E-state index is 0.0124. The van der Waals surface area contributed by atoms with Crippen molar-refractivity contribution in [2.45, 2.75) is 62.8 Å². The third-order valence-corrected chi connectivity index (χ3v) is 11.2. The number of hydrogen-bond acceptors (Lipinski definition) is 11. The molecular weight excluding hydrogens is 650 g/mol. The number of aromatic nitrogens is 4. The van der Waals surface area contributed by atoms with Crippen molar-refractivity contribution in [2.75, 3.05) is 69.0 Å². The molecule has 3 saturated heterocycles. The van der Waals surface area contributed by atoms with E-state index >= 15 is 4.39 Å². The van der Waals surface area contributed by atoms with Gasteiger partial charge < -0.3 is 25.2 Å². The molecule has 4 aliphatic heterocycles. The van der Waals surface area contributed by atoms with Crippen molar-refractivity contribution in [3.8, 4) is 12.1 Å². The molecular formula is C31H37ClF2N10O2S. The summed E-state index contributed by atoms with van der Waals surface area (Å²) in [6.45, 7) is 5.33. The first kappa shape index (κ1) is 31.8. The fourth-order valence-electron chi connectivity index (χ4n) is 7.60. The lowest BCUT2D eigenvalue weighted by molar-refractivity contribution is 0.0821. The molecule has 3 aromatic heterocycles. The van der Waals surface area contributed by atoms with Crippen molar-refractivity contribution in [1.29, 1.82) is 5.26 Å². The van der Waals surface area contributed by atoms with E-state index in [2.05, 4.69) is 26.0 Å². The molecule has 0 saturated carbocycles. The summed E-state index contributed by atoms with van der Waals surface area (Å²) in [5.74, 6) is -0.780. The highest BCUT2D eigenvalue weighted by Gasteiger charge is 2.50. The van der Waals surface area contributed by atoms with Gasteiger partial charge in [-0.3, -0.25) is 14.4 Å². The fourth-order valence-corrected chi connectivity index (χ4v) is 8.79. The topological polar surface area (TPSA) is 133 Å². The predicted molar refractivity (Wildman–Crippen MR) is 174 cm³/mol. The van der Waals surface area contributed by atoms with Crippen LogP contribution in [0.4, 0.5) is 25.4 Å². The molecule has 1 amide bonds. The first-order valence-electron chi connectivity index (χ1n) is 15.8. The van der Waals surface area contributed by atoms with E-state index in [9.17, 15) is 14.4 Å². The Bertz CT molecular complexity index is 1770. The number of hydrogen-bond donors (Lipinski definition) is 1. The van der Waals surface area contributed by atoms with Crippen LogP contribution in [0.3, 0.4) is 0 Å². The van der Waals surface area contributed by atoms with Gasteiger partial charge in [-0.05, 0) is 36.8 Å². The molecule has 250 valence electrons. The zero-order valence-corrected chi connectivity index (χ0v) is 28.2. The quantitative estimate of drug-likeness (QED) is 0.391. The van der Waals surface area contributed by atoms with Crippen molar-refractivity contribution in [2.24, 2.45) is 0 Å². The molecule has 4 aliphatic rings. The number of rotatable bonds is 7. The van der Waals surface area contributed by atoms with Crippen LogP contribution in [0.2, 0.25) is 5.02 Å². The summed E-state index contributed by atoms with van der Waals surface area (Å²) in [4.78, 5) is 29.1. The number of alkyl halides is 1. The number of amides is 1. The van der Waals surface area contributed by atoms with Crippen molar-refractivity contribution < 1.29 is 18.3 Å². The Balaban J connectivity index is 1.22. The summed E-state index contributed by atoms with van der Waals surface area (Å²) in [5.41, 5.74) is 7.23. The smallest absolute Gasteiger partial charge is 0.320 e. The molecule has 0 radical (unpaired) electrons. The van der Waals surface area contributed by atoms with Gasteiger partial charge in [-0.2, -0.15) is 24.7 Å². The standard InChI is InChI=1S/C31H37ClF2N10O2S/c1-30(20-14-47-25(36)19(20)11-35)15-42(16-30)27-23(34)26(37-29(38-27)46-17-31-6-4-8-43(31)12-18(33)10-31)41-7-5-9-44-21(13-41)22(32)24(39-44)28(45)40(2)3/h14,18H,4-10,12-13,15-17,36H2,1-3H3/t18-,31+/m1/s1. The summed E-state index contributed by atoms with van der Waals surface area (Å²) in [6, 6.07) is 2.22. The van der Waals surface area contributed by atoms with Gasteiger partial charge in [0.05, 0.1) is 28.4 Å². The second-order valence-corrected chi connectivity index (χ2v) is 14.8. The molecule has 3 fully saturated rings. The molecule has 47 heavy (non-hydrogen) atoms. The second-order valence-electron chi connectivity index (χ2n) is 13.6. The maximum Gasteiger partial charge on any atom is 0.320 e. The summed E-state index contributed by atoms with van der Waals surface area (Å²) in [7, 11) is 3.27. The maximum atomic E-state index is 16.7. The molecule has 0 aromatic carbocycles. The Kier molecular flexibility index (Phi) is 7.96. The summed E-state index contributed by atoms with van der Waals surface area (Å²) >= 11 is 8.03. The molecule has 0 bridgehead atoms. The van der Waals surface area contributed by atoms with Crippen LogP contribution in [0.5, 0.6) is 6.01 Å². The van der Waals surface area contributed by atoms with Crippen molar-refractivity contribution in [3.63, 3.8) is 0 Å². The first-order chi connectivity index (χ1) is 22.4. The van der Waals surface area contributed by atoms with Gasteiger partial charge in [-0.1, -0.05) is 18.5 Å². The highest BCUT2D eigenvalue weighted by Crippen LogP contribution is 2.44. The van der Waals surface area contributed by atoms with Crippen molar-refractivity contribution >= 4 is 45.5 Å². The van der Waals surface area contributed by atoms with E-state index in [4.69, 9.17) is 22.1 Å². The van der Waals surface area contributed by atoms with E-state index in [0.29, 0.717) is 61.8 Å². The largest absolute Gasteiger partial charge is 0.461 e. The molecule has 3 aromatic rings. The number of aryl methyl sites for hydroxylation is 1. The first-order valence-corrected chi connectivity index (χ1v) is 17.0. The van der Waals surface area contributed by atoms with Gasteiger partial charge >= 0.3 is 6.01 Å². The molecule has 7 rings (SSSR count). The van der Waals surface area contributed by atoms with Gasteiger partial charge in [0.25, 0.3) is 5.91 Å². The molecule has 12 nitrogen and oxygen atoms in total. The molecule has 2 N–H and O–H groups in total. The fraction of sp³-hybridized carbons (Fsp3) is 0.581. The number of nitrogen functional groups attached to an aromatic ring is 1. The lowest BCUT2D eigenvalue weighted by atomic mass is 9.75. The van der Waals surface area contributed by atoms with Crippen LogP contribution in [0.1, 0.15) is 59.9 Å². The Labute approximate surface area is 280 Å². The molecule has 0 spiro atoms. The van der Waals surface area contributed by atoms with Gasteiger partial charge in [0.1, 0.15) is 23.8 Å². The van der Waals surface area contributed by atoms with Crippen LogP contribution in [0.25, 0.3) is 0 Å². The van der Waals surface area contributed by atoms with Gasteiger partial charge in [0.15, 0.2) is 17.3 Å². The lowest BCUT2D eigenvalue weighted by Gasteiger charge is -2.49. The summed E-state index contributed by atoms with van der Waals surface area (Å²) < 4.78 is 39.1. The summed E-state index contributed by atoms with van der Waals surface area (Å²) in [5, 5.41) is 16.8. The number of ether oxygens (including phenoxy) is 1. The molecule has 0 unspecified atom stereocenters. The molecule has 7 heterocycles. The third kappa shape index (κ3) is 5.34. The van der Waals surface area contributed by atoms with Crippen LogP contribution in [-0.4, -0.2) is 101 Å². The Hall–Kier alpha value is -3.74. The number of thiophene rings is 1. The number of carbonyl (C=O) groups excluding carboxylic acids is 1. The number of nitriles is 1. The number of nitrogens with zero attached hydrogens (tertiary/aromatic N) is 9. The Morgan fingerprint density at radius 1 is 1.23 bits per heavy atom. The van der Waals surface area contributed by atoms with E-state index in [1.807, 2.05) is 17.2 Å². The average Bonchev–Trinajstić information content (AvgIpc) is 3.71. The number of nitrogens with two attached hydrogens (primary N) is 1.